The second kappa shape index (κ2) is 4.34. The normalized spacial score (nSPS) is 15.7. The lowest BCUT2D eigenvalue weighted by Crippen LogP contribution is -2.28. The molecule has 2 N–H and O–H groups in total. The molecular formula is C8H15N3O2. The number of hydrogen-bond acceptors (Lipinski definition) is 4. The number of aliphatic hydroxyl groups excluding tert-OH is 2. The third kappa shape index (κ3) is 2.50. The lowest BCUT2D eigenvalue weighted by molar-refractivity contribution is 0.0166. The maximum absolute atomic E-state index is 9.48. The van der Waals surface area contributed by atoms with E-state index in [0.717, 1.165) is 0 Å². The van der Waals surface area contributed by atoms with Crippen molar-refractivity contribution in [1.29, 1.82) is 0 Å². The molecule has 0 aliphatic heterocycles. The van der Waals surface area contributed by atoms with Crippen LogP contribution in [0, 0.1) is 0 Å². The maximum atomic E-state index is 9.48. The minimum atomic E-state index is -0.757. The molecule has 0 radical (unpaired) electrons. The van der Waals surface area contributed by atoms with Gasteiger partial charge in [-0.3, -0.25) is 4.68 Å². The Bertz CT molecular complexity index is 262. The molecule has 0 aliphatic carbocycles. The van der Waals surface area contributed by atoms with E-state index in [9.17, 15) is 10.2 Å². The summed E-state index contributed by atoms with van der Waals surface area (Å²) < 4.78 is 1.59. The second-order valence-corrected chi connectivity index (χ2v) is 3.05. The quantitative estimate of drug-likeness (QED) is 0.662. The Labute approximate surface area is 77.0 Å². The van der Waals surface area contributed by atoms with E-state index >= 15 is 0 Å². The zero-order valence-electron chi connectivity index (χ0n) is 7.88. The fourth-order valence-corrected chi connectivity index (χ4v) is 1.10. The Hall–Kier alpha value is -0.940. The van der Waals surface area contributed by atoms with Crippen LogP contribution in [0.1, 0.15) is 19.2 Å². The lowest BCUT2D eigenvalue weighted by atomic mass is 10.1. The summed E-state index contributed by atoms with van der Waals surface area (Å²) >= 11 is 0. The molecule has 0 saturated carbocycles. The largest absolute Gasteiger partial charge is 0.390 e. The van der Waals surface area contributed by atoms with Crippen LogP contribution in [0.3, 0.4) is 0 Å². The summed E-state index contributed by atoms with van der Waals surface area (Å²) in [6, 6.07) is 0. The average Bonchev–Trinajstić information content (AvgIpc) is 2.50. The molecular weight excluding hydrogens is 170 g/mol. The van der Waals surface area contributed by atoms with Gasteiger partial charge in [0.2, 0.25) is 0 Å². The molecule has 0 aliphatic rings. The molecule has 1 rings (SSSR count). The Morgan fingerprint density at radius 2 is 2.15 bits per heavy atom. The minimum Gasteiger partial charge on any atom is -0.390 e. The molecule has 0 aromatic carbocycles. The van der Waals surface area contributed by atoms with Gasteiger partial charge in [0.25, 0.3) is 0 Å². The van der Waals surface area contributed by atoms with Crippen LogP contribution in [0.25, 0.3) is 0 Å². The summed E-state index contributed by atoms with van der Waals surface area (Å²) in [6.45, 7) is 1.82. The van der Waals surface area contributed by atoms with Gasteiger partial charge in [0.15, 0.2) is 0 Å². The van der Waals surface area contributed by atoms with Crippen LogP contribution in [0.4, 0.5) is 0 Å². The van der Waals surface area contributed by atoms with Crippen LogP contribution in [0.2, 0.25) is 0 Å². The molecule has 0 spiro atoms. The highest BCUT2D eigenvalue weighted by Crippen LogP contribution is 2.04. The van der Waals surface area contributed by atoms with E-state index in [1.165, 1.54) is 6.33 Å². The monoisotopic (exact) mass is 185 g/mol. The van der Waals surface area contributed by atoms with Crippen molar-refractivity contribution >= 4 is 0 Å². The van der Waals surface area contributed by atoms with Gasteiger partial charge in [-0.25, -0.2) is 4.98 Å². The van der Waals surface area contributed by atoms with E-state index in [1.807, 2.05) is 6.92 Å². The highest BCUT2D eigenvalue weighted by atomic mass is 16.3. The summed E-state index contributed by atoms with van der Waals surface area (Å²) in [4.78, 5) is 3.95. The first kappa shape index (κ1) is 10.1. The Morgan fingerprint density at radius 1 is 1.46 bits per heavy atom. The van der Waals surface area contributed by atoms with Crippen molar-refractivity contribution < 1.29 is 10.2 Å². The van der Waals surface area contributed by atoms with E-state index in [2.05, 4.69) is 10.1 Å². The maximum Gasteiger partial charge on any atom is 0.138 e. The zero-order valence-corrected chi connectivity index (χ0v) is 7.88. The van der Waals surface area contributed by atoms with E-state index in [4.69, 9.17) is 0 Å². The molecule has 0 fully saturated rings. The van der Waals surface area contributed by atoms with Crippen molar-refractivity contribution in [2.75, 3.05) is 0 Å². The highest BCUT2D eigenvalue weighted by Gasteiger charge is 2.16. The molecule has 74 valence electrons. The minimum absolute atomic E-state index is 0.339. The predicted molar refractivity (Wildman–Crippen MR) is 47.0 cm³/mol. The second-order valence-electron chi connectivity index (χ2n) is 3.05. The molecule has 0 bridgehead atoms. The van der Waals surface area contributed by atoms with Crippen molar-refractivity contribution in [3.05, 3.63) is 12.2 Å². The van der Waals surface area contributed by atoms with Gasteiger partial charge in [-0.2, -0.15) is 5.10 Å². The molecule has 0 saturated heterocycles. The standard InChI is InChI=1S/C8H15N3O2/c1-3-6(12)7(13)4-8-9-5-10-11(8)2/h5-7,12-13H,3-4H2,1-2H3. The number of aromatic nitrogens is 3. The van der Waals surface area contributed by atoms with Gasteiger partial charge in [-0.05, 0) is 6.42 Å². The first-order valence-corrected chi connectivity index (χ1v) is 4.34. The van der Waals surface area contributed by atoms with Gasteiger partial charge in [0.1, 0.15) is 12.2 Å². The van der Waals surface area contributed by atoms with E-state index in [-0.39, 0.29) is 0 Å². The SMILES string of the molecule is CCC(O)C(O)Cc1ncnn1C. The molecule has 0 amide bonds. The van der Waals surface area contributed by atoms with Crippen molar-refractivity contribution in [3.63, 3.8) is 0 Å². The fraction of sp³-hybridized carbons (Fsp3) is 0.750. The first-order chi connectivity index (χ1) is 6.15. The first-order valence-electron chi connectivity index (χ1n) is 4.34. The van der Waals surface area contributed by atoms with Crippen molar-refractivity contribution in [3.8, 4) is 0 Å². The molecule has 2 atom stereocenters. The third-order valence-electron chi connectivity index (χ3n) is 2.06. The topological polar surface area (TPSA) is 71.2 Å². The van der Waals surface area contributed by atoms with Crippen molar-refractivity contribution in [2.24, 2.45) is 7.05 Å². The van der Waals surface area contributed by atoms with Gasteiger partial charge >= 0.3 is 0 Å². The number of nitrogens with zero attached hydrogens (tertiary/aromatic N) is 3. The Balaban J connectivity index is 2.54. The number of hydrogen-bond donors (Lipinski definition) is 2. The van der Waals surface area contributed by atoms with Crippen LogP contribution in [-0.4, -0.2) is 37.2 Å². The lowest BCUT2D eigenvalue weighted by Gasteiger charge is -2.14. The smallest absolute Gasteiger partial charge is 0.138 e. The average molecular weight is 185 g/mol. The van der Waals surface area contributed by atoms with Crippen LogP contribution < -0.4 is 0 Å². The summed E-state index contributed by atoms with van der Waals surface area (Å²) in [6.07, 6.45) is 0.870. The van der Waals surface area contributed by atoms with Gasteiger partial charge in [0.05, 0.1) is 12.2 Å². The highest BCUT2D eigenvalue weighted by molar-refractivity contribution is 4.88. The summed E-state index contributed by atoms with van der Waals surface area (Å²) in [5.41, 5.74) is 0. The third-order valence-corrected chi connectivity index (χ3v) is 2.06. The Morgan fingerprint density at radius 3 is 2.62 bits per heavy atom. The van der Waals surface area contributed by atoms with E-state index < -0.39 is 12.2 Å². The Kier molecular flexibility index (Phi) is 3.39. The van der Waals surface area contributed by atoms with E-state index in [1.54, 1.807) is 11.7 Å². The van der Waals surface area contributed by atoms with Crippen LogP contribution in [0.15, 0.2) is 6.33 Å². The number of aliphatic hydroxyl groups is 2. The van der Waals surface area contributed by atoms with Gasteiger partial charge in [-0.1, -0.05) is 6.92 Å². The zero-order chi connectivity index (χ0) is 9.84. The van der Waals surface area contributed by atoms with Crippen LogP contribution >= 0.6 is 0 Å². The van der Waals surface area contributed by atoms with Crippen molar-refractivity contribution in [1.82, 2.24) is 14.8 Å². The van der Waals surface area contributed by atoms with Gasteiger partial charge < -0.3 is 10.2 Å². The van der Waals surface area contributed by atoms with Crippen LogP contribution in [0.5, 0.6) is 0 Å². The molecule has 1 aromatic rings. The molecule has 13 heavy (non-hydrogen) atoms. The summed E-state index contributed by atoms with van der Waals surface area (Å²) in [5, 5.41) is 22.7. The fourth-order valence-electron chi connectivity index (χ4n) is 1.10. The predicted octanol–water partition coefficient (Wildman–Crippen LogP) is -0.511. The van der Waals surface area contributed by atoms with Gasteiger partial charge in [0, 0.05) is 13.5 Å². The number of rotatable bonds is 4. The van der Waals surface area contributed by atoms with Crippen LogP contribution in [-0.2, 0) is 13.5 Å². The summed E-state index contributed by atoms with van der Waals surface area (Å²) in [7, 11) is 1.76. The molecule has 2 unspecified atom stereocenters. The molecule has 5 nitrogen and oxygen atoms in total. The molecule has 1 aromatic heterocycles. The van der Waals surface area contributed by atoms with Crippen molar-refractivity contribution in [2.45, 2.75) is 32.0 Å². The number of aryl methyl sites for hydroxylation is 1. The molecule has 1 heterocycles. The van der Waals surface area contributed by atoms with Gasteiger partial charge in [-0.15, -0.1) is 0 Å². The van der Waals surface area contributed by atoms with E-state index in [0.29, 0.717) is 18.7 Å². The molecule has 5 heteroatoms. The summed E-state index contributed by atoms with van der Waals surface area (Å²) in [5.74, 6) is 0.681.